The number of amides is 2. The molecule has 0 spiro atoms. The molecule has 0 bridgehead atoms. The third-order valence-corrected chi connectivity index (χ3v) is 11.0. The molecule has 354 valence electrons. The number of carbonyl (C=O) groups excluding carboxylic acids is 2. The van der Waals surface area contributed by atoms with Crippen LogP contribution in [-0.4, -0.2) is 270 Å². The highest BCUT2D eigenvalue weighted by atomic mass is 16.8. The maximum atomic E-state index is 12.4. The molecule has 0 aromatic heterocycles. The normalized spacial score (nSPS) is 48.3. The van der Waals surface area contributed by atoms with Crippen LogP contribution in [-0.2, 0) is 52.2 Å². The molecule has 5 aliphatic heterocycles. The molecule has 5 aliphatic rings. The van der Waals surface area contributed by atoms with Crippen molar-refractivity contribution in [1.29, 1.82) is 0 Å². The summed E-state index contributed by atoms with van der Waals surface area (Å²) in [7, 11) is 0. The van der Waals surface area contributed by atoms with Crippen LogP contribution in [0.1, 0.15) is 13.8 Å². The van der Waals surface area contributed by atoms with E-state index in [0.717, 1.165) is 6.92 Å². The second kappa shape index (κ2) is 21.8. The molecule has 16 N–H and O–H groups in total. The zero-order valence-corrected chi connectivity index (χ0v) is 32.9. The minimum Gasteiger partial charge on any atom is -0.394 e. The van der Waals surface area contributed by atoms with Gasteiger partial charge in [0.2, 0.25) is 11.8 Å². The van der Waals surface area contributed by atoms with Crippen molar-refractivity contribution < 1.29 is 124 Å². The van der Waals surface area contributed by atoms with E-state index >= 15 is 0 Å². The number of hydrogen-bond acceptors (Lipinski definition) is 25. The van der Waals surface area contributed by atoms with Gasteiger partial charge >= 0.3 is 0 Å². The third-order valence-electron chi connectivity index (χ3n) is 11.0. The van der Waals surface area contributed by atoms with Crippen molar-refractivity contribution in [2.75, 3.05) is 39.6 Å². The van der Waals surface area contributed by atoms with Gasteiger partial charge in [0.05, 0.1) is 45.7 Å². The van der Waals surface area contributed by atoms with Crippen LogP contribution in [0.2, 0.25) is 0 Å². The summed E-state index contributed by atoms with van der Waals surface area (Å²) in [6, 6.07) is -2.62. The first-order chi connectivity index (χ1) is 28.9. The van der Waals surface area contributed by atoms with E-state index in [1.54, 1.807) is 0 Å². The summed E-state index contributed by atoms with van der Waals surface area (Å²) in [6.45, 7) is -2.12. The zero-order chi connectivity index (χ0) is 45.0. The molecule has 27 heteroatoms. The first kappa shape index (κ1) is 50.0. The van der Waals surface area contributed by atoms with Gasteiger partial charge in [-0.2, -0.15) is 0 Å². The van der Waals surface area contributed by atoms with Gasteiger partial charge in [0, 0.05) is 13.8 Å². The predicted molar refractivity (Wildman–Crippen MR) is 189 cm³/mol. The molecule has 5 saturated heterocycles. The number of ether oxygens (including phenoxy) is 9. The largest absolute Gasteiger partial charge is 0.394 e. The van der Waals surface area contributed by atoms with E-state index in [0.29, 0.717) is 0 Å². The molecule has 5 fully saturated rings. The lowest BCUT2D eigenvalue weighted by molar-refractivity contribution is -0.382. The second-order valence-electron chi connectivity index (χ2n) is 15.3. The summed E-state index contributed by atoms with van der Waals surface area (Å²) in [6.07, 6.45) is -39.1. The lowest BCUT2D eigenvalue weighted by atomic mass is 9.94. The first-order valence-corrected chi connectivity index (χ1v) is 19.5. The van der Waals surface area contributed by atoms with Crippen LogP contribution >= 0.6 is 0 Å². The molecular weight excluding hydrogens is 836 g/mol. The van der Waals surface area contributed by atoms with E-state index in [9.17, 15) is 81.1 Å². The maximum absolute atomic E-state index is 12.4. The van der Waals surface area contributed by atoms with Gasteiger partial charge in [-0.25, -0.2) is 0 Å². The van der Waals surface area contributed by atoms with Gasteiger partial charge in [0.1, 0.15) is 116 Å². The Morgan fingerprint density at radius 1 is 0.475 bits per heavy atom. The smallest absolute Gasteiger partial charge is 0.217 e. The maximum Gasteiger partial charge on any atom is 0.217 e. The Morgan fingerprint density at radius 3 is 1.43 bits per heavy atom. The monoisotopic (exact) mass is 894 g/mol. The van der Waals surface area contributed by atoms with Crippen LogP contribution in [0, 0.1) is 0 Å². The summed E-state index contributed by atoms with van der Waals surface area (Å²) in [5, 5.41) is 152. The molecule has 61 heavy (non-hydrogen) atoms. The van der Waals surface area contributed by atoms with Crippen molar-refractivity contribution >= 4 is 11.8 Å². The summed E-state index contributed by atoms with van der Waals surface area (Å²) >= 11 is 0. The minimum absolute atomic E-state index is 0.219. The van der Waals surface area contributed by atoms with Gasteiger partial charge in [0.15, 0.2) is 25.2 Å². The number of carbonyl (C=O) groups is 2. The van der Waals surface area contributed by atoms with Crippen LogP contribution < -0.4 is 10.6 Å². The molecule has 0 saturated carbocycles. The van der Waals surface area contributed by atoms with Crippen LogP contribution in [0.15, 0.2) is 0 Å². The molecule has 0 aromatic carbocycles. The van der Waals surface area contributed by atoms with Crippen molar-refractivity contribution in [3.63, 3.8) is 0 Å². The highest BCUT2D eigenvalue weighted by Gasteiger charge is 2.56. The van der Waals surface area contributed by atoms with E-state index in [2.05, 4.69) is 10.6 Å². The molecule has 27 nitrogen and oxygen atoms in total. The van der Waals surface area contributed by atoms with Gasteiger partial charge in [-0.1, -0.05) is 0 Å². The second-order valence-corrected chi connectivity index (χ2v) is 15.3. The Balaban J connectivity index is 1.39. The Morgan fingerprint density at radius 2 is 0.902 bits per heavy atom. The molecule has 5 rings (SSSR count). The minimum atomic E-state index is -2.16. The van der Waals surface area contributed by atoms with Gasteiger partial charge < -0.3 is 125 Å². The van der Waals surface area contributed by atoms with Crippen molar-refractivity contribution in [3.8, 4) is 0 Å². The van der Waals surface area contributed by atoms with Gasteiger partial charge in [0.25, 0.3) is 0 Å². The Hall–Kier alpha value is -1.98. The molecular formula is C34H58N2O25. The highest BCUT2D eigenvalue weighted by Crippen LogP contribution is 2.35. The number of hydrogen-bond donors (Lipinski definition) is 16. The van der Waals surface area contributed by atoms with Crippen molar-refractivity contribution in [2.24, 2.45) is 0 Å². The fourth-order valence-electron chi connectivity index (χ4n) is 7.68. The predicted octanol–water partition coefficient (Wildman–Crippen LogP) is -11.0. The van der Waals surface area contributed by atoms with E-state index in [-0.39, 0.29) is 6.61 Å². The number of aliphatic hydroxyl groups excluding tert-OH is 14. The van der Waals surface area contributed by atoms with E-state index in [1.807, 2.05) is 0 Å². The number of rotatable bonds is 15. The fourth-order valence-corrected chi connectivity index (χ4v) is 7.68. The Bertz CT molecular complexity index is 1400. The summed E-state index contributed by atoms with van der Waals surface area (Å²) in [4.78, 5) is 24.1. The van der Waals surface area contributed by atoms with Crippen molar-refractivity contribution in [3.05, 3.63) is 0 Å². The number of nitrogens with one attached hydrogen (secondary N) is 2. The zero-order valence-electron chi connectivity index (χ0n) is 32.9. The average Bonchev–Trinajstić information content (AvgIpc) is 3.22. The highest BCUT2D eigenvalue weighted by molar-refractivity contribution is 5.73. The summed E-state index contributed by atoms with van der Waals surface area (Å²) in [5.41, 5.74) is 0. The number of aliphatic hydroxyl groups is 14. The van der Waals surface area contributed by atoms with Crippen molar-refractivity contribution in [1.82, 2.24) is 10.6 Å². The van der Waals surface area contributed by atoms with E-state index in [1.165, 1.54) is 6.92 Å². The molecule has 24 atom stereocenters. The van der Waals surface area contributed by atoms with E-state index < -0.39 is 192 Å². The van der Waals surface area contributed by atoms with Crippen LogP contribution in [0.3, 0.4) is 0 Å². The summed E-state index contributed by atoms with van der Waals surface area (Å²) in [5.74, 6) is -1.28. The van der Waals surface area contributed by atoms with Gasteiger partial charge in [-0.3, -0.25) is 9.59 Å². The Labute approximate surface area is 346 Å². The van der Waals surface area contributed by atoms with Crippen LogP contribution in [0.4, 0.5) is 0 Å². The SMILES string of the molecule is CC(=O)N[C@H]1[C@H](O[C@H]2[C@H](O)[C@@H](NC(C)=O)CO[C@@H]2CO)O[C@H](CO)[C@@H](O[C@H]2O[C@H](CO[C@@H]3O[C@H](CO)[C@@H](O)[C@H](O)[C@@H]3O)[C@@H](O[C@@H]3O[C@H](CO)[C@@H](O)[C@H](O)[C@@H]3O)[C@H](O)[C@@H]2O)[C@@H]1O. The average molecular weight is 895 g/mol. The standard InChI is InChI=1S/C34H58N2O25/c1-9(41)35-11-7-53-14(5-39)28(18(11)43)59-31-17(36-10(2)42)21(46)29(15(6-40)57-31)60-34-27(52)24(49)30(61-33-26(51)23(48)20(45)13(4-38)56-33)16(58-34)8-54-32-25(50)22(47)19(44)12(3-37)55-32/h11-34,37-40,43-52H,3-8H2,1-2H3,(H,35,41)(H,36,42)/t11-,12+,13+,14+,15+,16+,17+,18+,19+,20+,21+,22-,23-,24+,25-,26-,27-,28+,29+,30+,31-,32+,33-,34+/m0/s1. The molecule has 0 aromatic rings. The molecule has 0 radical (unpaired) electrons. The van der Waals surface area contributed by atoms with Crippen molar-refractivity contribution in [2.45, 2.75) is 161 Å². The molecule has 5 heterocycles. The molecule has 0 unspecified atom stereocenters. The van der Waals surface area contributed by atoms with Crippen LogP contribution in [0.25, 0.3) is 0 Å². The fraction of sp³-hybridized carbons (Fsp3) is 0.941. The van der Waals surface area contributed by atoms with E-state index in [4.69, 9.17) is 42.6 Å². The lowest BCUT2D eigenvalue weighted by Crippen LogP contribution is -2.69. The quantitative estimate of drug-likeness (QED) is 0.0726. The van der Waals surface area contributed by atoms with Gasteiger partial charge in [-0.15, -0.1) is 0 Å². The Kier molecular flexibility index (Phi) is 17.9. The molecule has 0 aliphatic carbocycles. The first-order valence-electron chi connectivity index (χ1n) is 19.5. The lowest BCUT2D eigenvalue weighted by Gasteiger charge is -2.50. The summed E-state index contributed by atoms with van der Waals surface area (Å²) < 4.78 is 51.3. The van der Waals surface area contributed by atoms with Gasteiger partial charge in [-0.05, 0) is 0 Å². The third kappa shape index (κ3) is 11.1. The van der Waals surface area contributed by atoms with Crippen LogP contribution in [0.5, 0.6) is 0 Å². The topological polar surface area (TPSA) is 424 Å². The molecule has 2 amide bonds.